The highest BCUT2D eigenvalue weighted by molar-refractivity contribution is 7.10. The fourth-order valence-electron chi connectivity index (χ4n) is 6.48. The summed E-state index contributed by atoms with van der Waals surface area (Å²) >= 11 is 1.40. The van der Waals surface area contributed by atoms with Gasteiger partial charge in [0.05, 0.1) is 15.8 Å². The highest BCUT2D eigenvalue weighted by Gasteiger charge is 2.48. The minimum Gasteiger partial charge on any atom is -0.473 e. The maximum atomic E-state index is 13.1. The standard InChI is InChI=1S/C28H34N8O3S/c1-17(20-8-6-12-36(20)2)38-24-13-23(31-14-19(34-29)21-15-30-16-40-21)32-27(33-24)25-18-7-5-11-28(26(18)39-35-25)10-4-3-9-22(28)37/h13-17,20,29H,3-12H2,1-2H3,(H,31,32,33)/b19-14-,34-29?/t17-,20-,28+/m0/s1. The molecule has 0 amide bonds. The van der Waals surface area contributed by atoms with Crippen molar-refractivity contribution < 1.29 is 14.1 Å². The van der Waals surface area contributed by atoms with Gasteiger partial charge in [0.1, 0.15) is 23.4 Å². The number of ether oxygens (including phenoxy) is 1. The van der Waals surface area contributed by atoms with Crippen LogP contribution in [0.1, 0.15) is 74.5 Å². The lowest BCUT2D eigenvalue weighted by molar-refractivity contribution is -0.128. The van der Waals surface area contributed by atoms with Gasteiger partial charge in [0.25, 0.3) is 0 Å². The number of carbonyl (C=O) groups excluding carboxylic acids is 1. The molecule has 3 aliphatic rings. The number of fused-ring (bicyclic) bond motifs is 2. The highest BCUT2D eigenvalue weighted by atomic mass is 32.1. The Bertz CT molecular complexity index is 1420. The lowest BCUT2D eigenvalue weighted by Gasteiger charge is -2.36. The Labute approximate surface area is 236 Å². The molecule has 2 fully saturated rings. The lowest BCUT2D eigenvalue weighted by atomic mass is 9.64. The van der Waals surface area contributed by atoms with Crippen LogP contribution in [0.5, 0.6) is 5.88 Å². The number of nitrogens with one attached hydrogen (secondary N) is 2. The van der Waals surface area contributed by atoms with Gasteiger partial charge in [-0.2, -0.15) is 10.1 Å². The van der Waals surface area contributed by atoms with Gasteiger partial charge in [-0.3, -0.25) is 14.7 Å². The number of hydrogen-bond acceptors (Lipinski definition) is 12. The first-order valence-electron chi connectivity index (χ1n) is 14.0. The molecule has 0 aromatic carbocycles. The molecule has 0 unspecified atom stereocenters. The summed E-state index contributed by atoms with van der Waals surface area (Å²) in [6.07, 6.45) is 11.2. The Kier molecular flexibility index (Phi) is 7.45. The summed E-state index contributed by atoms with van der Waals surface area (Å²) in [6, 6.07) is 2.05. The molecule has 6 rings (SSSR count). The van der Waals surface area contributed by atoms with Crippen molar-refractivity contribution in [2.24, 2.45) is 5.11 Å². The predicted molar refractivity (Wildman–Crippen MR) is 150 cm³/mol. The van der Waals surface area contributed by atoms with Gasteiger partial charge in [-0.25, -0.2) is 10.5 Å². The number of nitrogens with zero attached hydrogens (tertiary/aromatic N) is 6. The van der Waals surface area contributed by atoms with E-state index in [2.05, 4.69) is 39.4 Å². The van der Waals surface area contributed by atoms with Crippen LogP contribution in [0.3, 0.4) is 0 Å². The van der Waals surface area contributed by atoms with E-state index in [1.54, 1.807) is 24.0 Å². The molecule has 1 spiro atoms. The molecule has 1 saturated heterocycles. The summed E-state index contributed by atoms with van der Waals surface area (Å²) < 4.78 is 12.3. The summed E-state index contributed by atoms with van der Waals surface area (Å²) in [7, 11) is 2.12. The zero-order valence-corrected chi connectivity index (χ0v) is 23.7. The minimum atomic E-state index is -0.574. The molecule has 40 heavy (non-hydrogen) atoms. The van der Waals surface area contributed by atoms with Gasteiger partial charge < -0.3 is 14.6 Å². The number of carbonyl (C=O) groups is 1. The van der Waals surface area contributed by atoms with E-state index in [-0.39, 0.29) is 11.9 Å². The average molecular weight is 563 g/mol. The number of likely N-dealkylation sites (tertiary alicyclic amines) is 1. The molecule has 2 N–H and O–H groups in total. The molecule has 4 heterocycles. The second-order valence-corrected chi connectivity index (χ2v) is 11.9. The largest absolute Gasteiger partial charge is 0.473 e. The smallest absolute Gasteiger partial charge is 0.219 e. The fourth-order valence-corrected chi connectivity index (χ4v) is 7.06. The van der Waals surface area contributed by atoms with Gasteiger partial charge in [0, 0.05) is 36.5 Å². The van der Waals surface area contributed by atoms with Crippen LogP contribution in [0.4, 0.5) is 5.82 Å². The molecule has 0 radical (unpaired) electrons. The fraction of sp³-hybridized carbons (Fsp3) is 0.536. The number of likely N-dealkylation sites (N-methyl/N-ethyl adjacent to an activating group) is 1. The monoisotopic (exact) mass is 562 g/mol. The number of thiazole rings is 1. The van der Waals surface area contributed by atoms with Crippen molar-refractivity contribution in [3.8, 4) is 17.4 Å². The molecule has 0 bridgehead atoms. The quantitative estimate of drug-likeness (QED) is 0.335. The maximum Gasteiger partial charge on any atom is 0.219 e. The van der Waals surface area contributed by atoms with Crippen LogP contribution in [0.15, 0.2) is 33.6 Å². The lowest BCUT2D eigenvalue weighted by Crippen LogP contribution is -2.41. The Morgan fingerprint density at radius 3 is 2.92 bits per heavy atom. The van der Waals surface area contributed by atoms with Gasteiger partial charge in [-0.05, 0) is 65.5 Å². The van der Waals surface area contributed by atoms with Crippen LogP contribution in [-0.4, -0.2) is 56.5 Å². The van der Waals surface area contributed by atoms with E-state index in [0.29, 0.717) is 47.1 Å². The molecular weight excluding hydrogens is 528 g/mol. The number of rotatable bonds is 8. The number of Topliss-reactive ketones (excluding diaryl/α,β-unsaturated/α-hetero) is 1. The van der Waals surface area contributed by atoms with Crippen molar-refractivity contribution in [1.82, 2.24) is 25.0 Å². The molecule has 3 aromatic rings. The van der Waals surface area contributed by atoms with Crippen molar-refractivity contribution in [3.05, 3.63) is 40.2 Å². The first-order valence-corrected chi connectivity index (χ1v) is 14.9. The summed E-state index contributed by atoms with van der Waals surface area (Å²) in [6.45, 7) is 3.12. The highest BCUT2D eigenvalue weighted by Crippen LogP contribution is 2.47. The predicted octanol–water partition coefficient (Wildman–Crippen LogP) is 5.61. The van der Waals surface area contributed by atoms with Crippen LogP contribution in [-0.2, 0) is 16.6 Å². The first kappa shape index (κ1) is 26.7. The van der Waals surface area contributed by atoms with Crippen molar-refractivity contribution in [1.29, 1.82) is 5.53 Å². The van der Waals surface area contributed by atoms with Gasteiger partial charge in [-0.15, -0.1) is 11.3 Å². The van der Waals surface area contributed by atoms with Crippen LogP contribution < -0.4 is 10.1 Å². The maximum absolute atomic E-state index is 13.1. The number of hydrogen-bond donors (Lipinski definition) is 2. The number of ketones is 1. The van der Waals surface area contributed by atoms with Crippen LogP contribution in [0.2, 0.25) is 0 Å². The third-order valence-electron chi connectivity index (χ3n) is 8.55. The first-order chi connectivity index (χ1) is 19.5. The number of anilines is 1. The van der Waals surface area contributed by atoms with E-state index in [9.17, 15) is 4.79 Å². The van der Waals surface area contributed by atoms with E-state index in [1.807, 2.05) is 0 Å². The van der Waals surface area contributed by atoms with Crippen molar-refractivity contribution in [2.75, 3.05) is 18.9 Å². The summed E-state index contributed by atoms with van der Waals surface area (Å²) in [5.41, 5.74) is 10.6. The van der Waals surface area contributed by atoms with Crippen molar-refractivity contribution in [3.63, 3.8) is 0 Å². The van der Waals surface area contributed by atoms with Crippen LogP contribution in [0.25, 0.3) is 17.2 Å². The molecule has 1 aliphatic heterocycles. The third kappa shape index (κ3) is 4.94. The molecule has 210 valence electrons. The average Bonchev–Trinajstić information content (AvgIpc) is 3.72. The molecule has 1 saturated carbocycles. The van der Waals surface area contributed by atoms with E-state index in [4.69, 9.17) is 24.8 Å². The topological polar surface area (TPSA) is 142 Å². The van der Waals surface area contributed by atoms with Gasteiger partial charge >= 0.3 is 0 Å². The summed E-state index contributed by atoms with van der Waals surface area (Å²) in [5.74, 6) is 2.25. The van der Waals surface area contributed by atoms with E-state index in [1.165, 1.54) is 11.3 Å². The normalized spacial score (nSPS) is 24.2. The number of aromatic nitrogens is 4. The molecule has 11 nitrogen and oxygen atoms in total. The third-order valence-corrected chi connectivity index (χ3v) is 9.34. The second kappa shape index (κ2) is 11.2. The van der Waals surface area contributed by atoms with Gasteiger partial charge in [0.2, 0.25) is 5.88 Å². The molecule has 12 heteroatoms. The minimum absolute atomic E-state index is 0.0796. The molecule has 2 aliphatic carbocycles. The van der Waals surface area contributed by atoms with E-state index >= 15 is 0 Å². The summed E-state index contributed by atoms with van der Waals surface area (Å²) in [4.78, 5) is 29.9. The zero-order valence-electron chi connectivity index (χ0n) is 22.9. The van der Waals surface area contributed by atoms with Gasteiger partial charge in [0.15, 0.2) is 17.3 Å². The van der Waals surface area contributed by atoms with Crippen molar-refractivity contribution >= 4 is 28.6 Å². The van der Waals surface area contributed by atoms with Crippen LogP contribution in [0, 0.1) is 5.53 Å². The zero-order chi connectivity index (χ0) is 27.7. The van der Waals surface area contributed by atoms with E-state index < -0.39 is 5.41 Å². The molecule has 3 atom stereocenters. The Morgan fingerprint density at radius 1 is 1.30 bits per heavy atom. The molecular formula is C28H34N8O3S. The van der Waals surface area contributed by atoms with E-state index in [0.717, 1.165) is 68.4 Å². The second-order valence-electron chi connectivity index (χ2n) is 11.0. The van der Waals surface area contributed by atoms with Crippen molar-refractivity contribution in [2.45, 2.75) is 82.3 Å². The van der Waals surface area contributed by atoms with Gasteiger partial charge in [-0.1, -0.05) is 11.6 Å². The Morgan fingerprint density at radius 2 is 2.17 bits per heavy atom. The SMILES string of the molecule is C[C@H](Oc1cc(N/C=C(\N=N)c2cncs2)nc(-c2noc3c2CCC[C@@]32CCCCC2=O)n1)[C@@H]1CCCN1C. The summed E-state index contributed by atoms with van der Waals surface area (Å²) in [5, 5.41) is 11.3. The van der Waals surface area contributed by atoms with Crippen LogP contribution >= 0.6 is 11.3 Å². The molecule has 3 aromatic heterocycles. The Balaban J connectivity index is 1.37. The Hall–Kier alpha value is -3.51.